The molecule has 2 aliphatic rings. The molecular weight excluding hydrogens is 324 g/mol. The summed E-state index contributed by atoms with van der Waals surface area (Å²) in [6.07, 6.45) is 7.71. The molecule has 0 aromatic heterocycles. The van der Waals surface area contributed by atoms with Crippen LogP contribution >= 0.6 is 11.6 Å². The quantitative estimate of drug-likeness (QED) is 0.903. The Kier molecular flexibility index (Phi) is 5.77. The van der Waals surface area contributed by atoms with E-state index in [2.05, 4.69) is 10.2 Å². The van der Waals surface area contributed by atoms with Crippen molar-refractivity contribution in [3.63, 3.8) is 0 Å². The van der Waals surface area contributed by atoms with Gasteiger partial charge in [-0.2, -0.15) is 0 Å². The van der Waals surface area contributed by atoms with Gasteiger partial charge in [0.15, 0.2) is 0 Å². The van der Waals surface area contributed by atoms with Crippen molar-refractivity contribution >= 4 is 23.4 Å². The van der Waals surface area contributed by atoms with Crippen LogP contribution in [0.1, 0.15) is 55.3 Å². The summed E-state index contributed by atoms with van der Waals surface area (Å²) < 4.78 is 0. The van der Waals surface area contributed by atoms with Crippen LogP contribution in [0.2, 0.25) is 5.02 Å². The molecule has 130 valence electrons. The van der Waals surface area contributed by atoms with Crippen LogP contribution in [0.4, 0.5) is 0 Å². The van der Waals surface area contributed by atoms with Gasteiger partial charge in [0.05, 0.1) is 0 Å². The van der Waals surface area contributed by atoms with Crippen LogP contribution in [-0.4, -0.2) is 35.8 Å². The minimum atomic E-state index is -0.159. The molecule has 3 rings (SSSR count). The third-order valence-electron chi connectivity index (χ3n) is 5.29. The lowest BCUT2D eigenvalue weighted by Crippen LogP contribution is -2.50. The first-order valence-electron chi connectivity index (χ1n) is 8.98. The van der Waals surface area contributed by atoms with Crippen LogP contribution in [0.15, 0.2) is 24.3 Å². The molecule has 5 heteroatoms. The molecule has 1 saturated carbocycles. The zero-order chi connectivity index (χ0) is 16.9. The minimum absolute atomic E-state index is 0.159. The van der Waals surface area contributed by atoms with Crippen molar-refractivity contribution in [1.29, 1.82) is 0 Å². The molecule has 2 amide bonds. The number of carbonyl (C=O) groups is 2. The van der Waals surface area contributed by atoms with Gasteiger partial charge in [0.1, 0.15) is 0 Å². The summed E-state index contributed by atoms with van der Waals surface area (Å²) in [5.74, 6) is 0.719. The maximum Gasteiger partial charge on any atom is 0.251 e. The van der Waals surface area contributed by atoms with Gasteiger partial charge in [0, 0.05) is 36.1 Å². The number of hydrogen-bond acceptors (Lipinski definition) is 2. The predicted molar refractivity (Wildman–Crippen MR) is 95.1 cm³/mol. The van der Waals surface area contributed by atoms with Gasteiger partial charge in [0.25, 0.3) is 5.91 Å². The van der Waals surface area contributed by atoms with Gasteiger partial charge in [-0.15, -0.1) is 0 Å². The summed E-state index contributed by atoms with van der Waals surface area (Å²) in [7, 11) is 0. The Morgan fingerprint density at radius 3 is 2.58 bits per heavy atom. The second-order valence-corrected chi connectivity index (χ2v) is 7.29. The van der Waals surface area contributed by atoms with E-state index >= 15 is 0 Å². The maximum absolute atomic E-state index is 12.6. The van der Waals surface area contributed by atoms with Crippen molar-refractivity contribution in [3.05, 3.63) is 34.9 Å². The molecule has 0 bridgehead atoms. The van der Waals surface area contributed by atoms with Gasteiger partial charge < -0.3 is 10.2 Å². The lowest BCUT2D eigenvalue weighted by Gasteiger charge is -2.44. The lowest BCUT2D eigenvalue weighted by atomic mass is 9.78. The second-order valence-electron chi connectivity index (χ2n) is 6.85. The van der Waals surface area contributed by atoms with E-state index in [-0.39, 0.29) is 11.8 Å². The molecule has 2 atom stereocenters. The highest BCUT2D eigenvalue weighted by Gasteiger charge is 2.35. The van der Waals surface area contributed by atoms with Gasteiger partial charge >= 0.3 is 0 Å². The maximum atomic E-state index is 12.6. The fourth-order valence-corrected chi connectivity index (χ4v) is 4.19. The zero-order valence-electron chi connectivity index (χ0n) is 14.0. The highest BCUT2D eigenvalue weighted by Crippen LogP contribution is 2.35. The van der Waals surface area contributed by atoms with E-state index in [0.29, 0.717) is 35.5 Å². The SMILES string of the molecule is O=C(NCCC(=O)N1CCC[C@H]2CCCC[C@H]21)c1ccc(Cl)cc1. The fraction of sp³-hybridized carbons (Fsp3) is 0.579. The minimum Gasteiger partial charge on any atom is -0.352 e. The summed E-state index contributed by atoms with van der Waals surface area (Å²) in [6, 6.07) is 7.21. The number of fused-ring (bicyclic) bond motifs is 1. The molecular formula is C19H25ClN2O2. The molecule has 2 fully saturated rings. The van der Waals surface area contributed by atoms with E-state index in [1.807, 2.05) is 0 Å². The number of hydrogen-bond donors (Lipinski definition) is 1. The number of nitrogens with zero attached hydrogens (tertiary/aromatic N) is 1. The molecule has 0 radical (unpaired) electrons. The van der Waals surface area contributed by atoms with Crippen molar-refractivity contribution in [2.45, 2.75) is 51.0 Å². The molecule has 0 spiro atoms. The van der Waals surface area contributed by atoms with Crippen molar-refractivity contribution < 1.29 is 9.59 Å². The normalized spacial score (nSPS) is 23.5. The number of rotatable bonds is 4. The number of halogens is 1. The Morgan fingerprint density at radius 1 is 1.08 bits per heavy atom. The monoisotopic (exact) mass is 348 g/mol. The topological polar surface area (TPSA) is 49.4 Å². The highest BCUT2D eigenvalue weighted by molar-refractivity contribution is 6.30. The lowest BCUT2D eigenvalue weighted by molar-refractivity contribution is -0.137. The third-order valence-corrected chi connectivity index (χ3v) is 5.55. The van der Waals surface area contributed by atoms with Crippen LogP contribution in [-0.2, 0) is 4.79 Å². The first kappa shape index (κ1) is 17.3. The summed E-state index contributed by atoms with van der Waals surface area (Å²) >= 11 is 5.82. The molecule has 1 aromatic carbocycles. The van der Waals surface area contributed by atoms with Crippen LogP contribution in [0.3, 0.4) is 0 Å². The summed E-state index contributed by atoms with van der Waals surface area (Å²) in [4.78, 5) is 26.7. The van der Waals surface area contributed by atoms with Gasteiger partial charge in [-0.3, -0.25) is 9.59 Å². The highest BCUT2D eigenvalue weighted by atomic mass is 35.5. The van der Waals surface area contributed by atoms with Crippen LogP contribution in [0, 0.1) is 5.92 Å². The molecule has 0 unspecified atom stereocenters. The average Bonchev–Trinajstić information content (AvgIpc) is 2.61. The van der Waals surface area contributed by atoms with E-state index in [1.165, 1.54) is 25.7 Å². The molecule has 1 N–H and O–H groups in total. The first-order valence-corrected chi connectivity index (χ1v) is 9.36. The van der Waals surface area contributed by atoms with Crippen LogP contribution in [0.5, 0.6) is 0 Å². The van der Waals surface area contributed by atoms with Crippen LogP contribution in [0.25, 0.3) is 0 Å². The van der Waals surface area contributed by atoms with E-state index in [1.54, 1.807) is 24.3 Å². The average molecular weight is 349 g/mol. The van der Waals surface area contributed by atoms with E-state index in [9.17, 15) is 9.59 Å². The van der Waals surface area contributed by atoms with Gasteiger partial charge in [-0.05, 0) is 55.9 Å². The summed E-state index contributed by atoms with van der Waals surface area (Å²) in [6.45, 7) is 1.26. The summed E-state index contributed by atoms with van der Waals surface area (Å²) in [5.41, 5.74) is 0.567. The van der Waals surface area contributed by atoms with E-state index in [0.717, 1.165) is 19.4 Å². The number of benzene rings is 1. The molecule has 1 heterocycles. The standard InChI is InChI=1S/C19H25ClN2O2/c20-16-9-7-15(8-10-16)19(24)21-12-11-18(23)22-13-3-5-14-4-1-2-6-17(14)22/h7-10,14,17H,1-6,11-13H2,(H,21,24)/t14-,17-/m1/s1. The Labute approximate surface area is 148 Å². The van der Waals surface area contributed by atoms with Crippen molar-refractivity contribution in [2.75, 3.05) is 13.1 Å². The van der Waals surface area contributed by atoms with Gasteiger partial charge in [-0.25, -0.2) is 0 Å². The number of carbonyl (C=O) groups excluding carboxylic acids is 2. The van der Waals surface area contributed by atoms with Crippen molar-refractivity contribution in [1.82, 2.24) is 10.2 Å². The van der Waals surface area contributed by atoms with Crippen molar-refractivity contribution in [3.8, 4) is 0 Å². The van der Waals surface area contributed by atoms with Gasteiger partial charge in [0.2, 0.25) is 5.91 Å². The molecule has 1 aliphatic heterocycles. The number of piperidine rings is 1. The van der Waals surface area contributed by atoms with E-state index in [4.69, 9.17) is 11.6 Å². The molecule has 4 nitrogen and oxygen atoms in total. The Balaban J connectivity index is 1.48. The van der Waals surface area contributed by atoms with Crippen molar-refractivity contribution in [2.24, 2.45) is 5.92 Å². The predicted octanol–water partition coefficient (Wildman–Crippen LogP) is 3.64. The zero-order valence-corrected chi connectivity index (χ0v) is 14.7. The number of amides is 2. The Morgan fingerprint density at radius 2 is 1.79 bits per heavy atom. The first-order chi connectivity index (χ1) is 11.6. The van der Waals surface area contributed by atoms with E-state index < -0.39 is 0 Å². The smallest absolute Gasteiger partial charge is 0.251 e. The molecule has 1 aromatic rings. The van der Waals surface area contributed by atoms with Crippen LogP contribution < -0.4 is 5.32 Å². The molecule has 24 heavy (non-hydrogen) atoms. The largest absolute Gasteiger partial charge is 0.352 e. The Bertz CT molecular complexity index is 586. The number of nitrogens with one attached hydrogen (secondary N) is 1. The number of likely N-dealkylation sites (tertiary alicyclic amines) is 1. The molecule has 1 aliphatic carbocycles. The van der Waals surface area contributed by atoms with Gasteiger partial charge in [-0.1, -0.05) is 24.4 Å². The third kappa shape index (κ3) is 4.10. The molecule has 1 saturated heterocycles. The second kappa shape index (κ2) is 8.02. The fourth-order valence-electron chi connectivity index (χ4n) is 4.06. The Hall–Kier alpha value is -1.55. The summed E-state index contributed by atoms with van der Waals surface area (Å²) in [5, 5.41) is 3.44.